The summed E-state index contributed by atoms with van der Waals surface area (Å²) in [5, 5.41) is 9.65. The zero-order valence-corrected chi connectivity index (χ0v) is 9.13. The normalized spacial score (nSPS) is 15.1. The molecule has 0 saturated carbocycles. The van der Waals surface area contributed by atoms with E-state index in [9.17, 15) is 5.11 Å². The lowest BCUT2D eigenvalue weighted by atomic mass is 10.1. The highest BCUT2D eigenvalue weighted by atomic mass is 32.2. The topological polar surface area (TPSA) is 59.1 Å². The Bertz CT molecular complexity index is 264. The third-order valence-corrected chi connectivity index (χ3v) is 3.01. The van der Waals surface area contributed by atoms with Crippen molar-refractivity contribution in [2.24, 2.45) is 5.73 Å². The smallest absolute Gasteiger partial charge is 0.0749 e. The van der Waals surface area contributed by atoms with Gasteiger partial charge in [0.2, 0.25) is 0 Å². The van der Waals surface area contributed by atoms with Crippen LogP contribution in [-0.2, 0) is 0 Å². The Morgan fingerprint density at radius 2 is 2.14 bits per heavy atom. The number of aliphatic hydroxyl groups is 1. The molecule has 0 amide bonds. The molecule has 14 heavy (non-hydrogen) atoms. The van der Waals surface area contributed by atoms with E-state index in [2.05, 4.69) is 4.98 Å². The molecular weight excluding hydrogens is 196 g/mol. The molecule has 0 aliphatic heterocycles. The van der Waals surface area contributed by atoms with Gasteiger partial charge in [0.25, 0.3) is 0 Å². The Balaban J connectivity index is 2.29. The van der Waals surface area contributed by atoms with Gasteiger partial charge in [-0.1, -0.05) is 0 Å². The number of nitrogens with zero attached hydrogens (tertiary/aromatic N) is 1. The maximum atomic E-state index is 9.65. The predicted molar refractivity (Wildman–Crippen MR) is 59.3 cm³/mol. The molecule has 1 unspecified atom stereocenters. The third-order valence-electron chi connectivity index (χ3n) is 2.00. The first-order valence-electron chi connectivity index (χ1n) is 4.59. The lowest BCUT2D eigenvalue weighted by Crippen LogP contribution is -2.34. The minimum Gasteiger partial charge on any atom is -0.389 e. The van der Waals surface area contributed by atoms with Crippen LogP contribution in [-0.4, -0.2) is 28.0 Å². The van der Waals surface area contributed by atoms with Gasteiger partial charge in [0.05, 0.1) is 5.60 Å². The van der Waals surface area contributed by atoms with Gasteiger partial charge in [0, 0.05) is 29.6 Å². The van der Waals surface area contributed by atoms with Crippen molar-refractivity contribution in [3.05, 3.63) is 24.5 Å². The molecule has 78 valence electrons. The first kappa shape index (κ1) is 11.5. The first-order valence-corrected chi connectivity index (χ1v) is 5.58. The van der Waals surface area contributed by atoms with Crippen LogP contribution in [0, 0.1) is 0 Å². The fourth-order valence-corrected chi connectivity index (χ4v) is 2.02. The molecule has 0 aromatic carbocycles. The van der Waals surface area contributed by atoms with Gasteiger partial charge >= 0.3 is 0 Å². The van der Waals surface area contributed by atoms with E-state index in [0.717, 1.165) is 5.75 Å². The van der Waals surface area contributed by atoms with E-state index in [4.69, 9.17) is 5.73 Å². The summed E-state index contributed by atoms with van der Waals surface area (Å²) >= 11 is 1.71. The number of hydrogen-bond acceptors (Lipinski definition) is 4. The average Bonchev–Trinajstić information content (AvgIpc) is 2.19. The van der Waals surface area contributed by atoms with Crippen molar-refractivity contribution in [3.63, 3.8) is 0 Å². The van der Waals surface area contributed by atoms with E-state index in [1.54, 1.807) is 31.1 Å². The van der Waals surface area contributed by atoms with Crippen LogP contribution < -0.4 is 5.73 Å². The van der Waals surface area contributed by atoms with Crippen LogP contribution in [0.25, 0.3) is 0 Å². The van der Waals surface area contributed by atoms with Crippen molar-refractivity contribution in [1.82, 2.24) is 4.98 Å². The molecule has 1 aromatic rings. The van der Waals surface area contributed by atoms with Crippen molar-refractivity contribution >= 4 is 11.8 Å². The number of aromatic nitrogens is 1. The van der Waals surface area contributed by atoms with Crippen LogP contribution in [0.5, 0.6) is 0 Å². The molecule has 3 nitrogen and oxygen atoms in total. The van der Waals surface area contributed by atoms with Crippen LogP contribution >= 0.6 is 11.8 Å². The van der Waals surface area contributed by atoms with Gasteiger partial charge in [0.1, 0.15) is 0 Å². The fourth-order valence-electron chi connectivity index (χ4n) is 0.925. The molecule has 0 aliphatic rings. The second kappa shape index (κ2) is 5.34. The summed E-state index contributed by atoms with van der Waals surface area (Å²) < 4.78 is 0. The summed E-state index contributed by atoms with van der Waals surface area (Å²) in [7, 11) is 0. The summed E-state index contributed by atoms with van der Waals surface area (Å²) in [6.07, 6.45) is 4.24. The van der Waals surface area contributed by atoms with Crippen LogP contribution in [0.3, 0.4) is 0 Å². The van der Waals surface area contributed by atoms with Crippen LogP contribution in [0.1, 0.15) is 13.3 Å². The Labute approximate surface area is 88.7 Å². The highest BCUT2D eigenvalue weighted by Gasteiger charge is 2.16. The minimum absolute atomic E-state index is 0.309. The Hall–Kier alpha value is -0.580. The lowest BCUT2D eigenvalue weighted by molar-refractivity contribution is 0.0665. The van der Waals surface area contributed by atoms with Gasteiger partial charge in [-0.2, -0.15) is 0 Å². The monoisotopic (exact) mass is 212 g/mol. The summed E-state index contributed by atoms with van der Waals surface area (Å²) in [6, 6.07) is 3.92. The summed E-state index contributed by atoms with van der Waals surface area (Å²) in [5.41, 5.74) is 4.68. The number of hydrogen-bond donors (Lipinski definition) is 2. The molecule has 1 aromatic heterocycles. The molecule has 1 heterocycles. The molecule has 1 atom stereocenters. The maximum Gasteiger partial charge on any atom is 0.0749 e. The third kappa shape index (κ3) is 4.09. The number of thioether (sulfide) groups is 1. The highest BCUT2D eigenvalue weighted by Crippen LogP contribution is 2.20. The quantitative estimate of drug-likeness (QED) is 0.722. The lowest BCUT2D eigenvalue weighted by Gasteiger charge is -2.20. The van der Waals surface area contributed by atoms with Gasteiger partial charge in [0.15, 0.2) is 0 Å². The highest BCUT2D eigenvalue weighted by molar-refractivity contribution is 7.99. The summed E-state index contributed by atoms with van der Waals surface area (Å²) in [4.78, 5) is 5.11. The van der Waals surface area contributed by atoms with Crippen molar-refractivity contribution in [2.45, 2.75) is 23.8 Å². The van der Waals surface area contributed by atoms with E-state index in [1.807, 2.05) is 12.1 Å². The van der Waals surface area contributed by atoms with Gasteiger partial charge in [-0.05, 0) is 25.5 Å². The van der Waals surface area contributed by atoms with Crippen molar-refractivity contribution in [3.8, 4) is 0 Å². The molecule has 3 N–H and O–H groups in total. The number of nitrogens with two attached hydrogens (primary N) is 1. The minimum atomic E-state index is -0.736. The van der Waals surface area contributed by atoms with Gasteiger partial charge in [-0.25, -0.2) is 0 Å². The van der Waals surface area contributed by atoms with Gasteiger partial charge in [-0.15, -0.1) is 11.8 Å². The van der Waals surface area contributed by atoms with E-state index < -0.39 is 5.60 Å². The molecule has 1 rings (SSSR count). The molecule has 0 saturated heterocycles. The number of pyridine rings is 1. The first-order chi connectivity index (χ1) is 6.64. The van der Waals surface area contributed by atoms with E-state index in [-0.39, 0.29) is 0 Å². The Morgan fingerprint density at radius 1 is 1.50 bits per heavy atom. The van der Waals surface area contributed by atoms with Crippen LogP contribution in [0.15, 0.2) is 29.4 Å². The molecule has 0 aliphatic carbocycles. The van der Waals surface area contributed by atoms with E-state index in [1.165, 1.54) is 4.90 Å². The van der Waals surface area contributed by atoms with Crippen LogP contribution in [0.2, 0.25) is 0 Å². The Morgan fingerprint density at radius 3 is 2.71 bits per heavy atom. The maximum absolute atomic E-state index is 9.65. The molecule has 0 spiro atoms. The Kier molecular flexibility index (Phi) is 4.38. The van der Waals surface area contributed by atoms with Crippen LogP contribution in [0.4, 0.5) is 0 Å². The number of rotatable bonds is 5. The van der Waals surface area contributed by atoms with Crippen molar-refractivity contribution in [2.75, 3.05) is 12.3 Å². The van der Waals surface area contributed by atoms with Gasteiger partial charge in [-0.3, -0.25) is 4.98 Å². The van der Waals surface area contributed by atoms with Crippen molar-refractivity contribution < 1.29 is 5.11 Å². The summed E-state index contributed by atoms with van der Waals surface area (Å²) in [5.74, 6) is 0.869. The zero-order valence-electron chi connectivity index (χ0n) is 8.31. The van der Waals surface area contributed by atoms with Gasteiger partial charge < -0.3 is 10.8 Å². The fraction of sp³-hybridized carbons (Fsp3) is 0.500. The molecule has 4 heteroatoms. The summed E-state index contributed by atoms with van der Waals surface area (Å²) in [6.45, 7) is 2.07. The average molecular weight is 212 g/mol. The second-order valence-electron chi connectivity index (χ2n) is 3.48. The van der Waals surface area contributed by atoms with E-state index >= 15 is 0 Å². The largest absolute Gasteiger partial charge is 0.389 e. The molecular formula is C10H16N2OS. The second-order valence-corrected chi connectivity index (χ2v) is 4.65. The standard InChI is InChI=1S/C10H16N2OS/c1-10(13,8-11)4-7-14-9-2-5-12-6-3-9/h2-3,5-6,13H,4,7-8,11H2,1H3. The molecule has 0 bridgehead atoms. The van der Waals surface area contributed by atoms with E-state index in [0.29, 0.717) is 13.0 Å². The molecule has 0 radical (unpaired) electrons. The SMILES string of the molecule is CC(O)(CN)CCSc1ccncc1. The van der Waals surface area contributed by atoms with Crippen molar-refractivity contribution in [1.29, 1.82) is 0 Å². The molecule has 0 fully saturated rings. The predicted octanol–water partition coefficient (Wildman–Crippen LogP) is 1.27. The zero-order chi connectivity index (χ0) is 10.4.